The molecule has 0 amide bonds. The maximum absolute atomic E-state index is 3.72. The standard InChI is InChI=1S/C17H35N3/c1-3-12-19-13-7-9-17(10-14-19)20(4-2)15-16-8-5-6-11-18-16/h16-18H,3-15H2,1-2H3. The summed E-state index contributed by atoms with van der Waals surface area (Å²) in [6.45, 7) is 12.3. The lowest BCUT2D eigenvalue weighted by molar-refractivity contribution is 0.158. The van der Waals surface area contributed by atoms with Crippen LogP contribution in [0.15, 0.2) is 0 Å². The molecule has 0 radical (unpaired) electrons. The van der Waals surface area contributed by atoms with Crippen molar-refractivity contribution in [3.63, 3.8) is 0 Å². The van der Waals surface area contributed by atoms with Crippen LogP contribution in [0.3, 0.4) is 0 Å². The smallest absolute Gasteiger partial charge is 0.0195 e. The number of nitrogens with zero attached hydrogens (tertiary/aromatic N) is 2. The first-order valence-corrected chi connectivity index (χ1v) is 9.03. The van der Waals surface area contributed by atoms with Crippen molar-refractivity contribution in [1.29, 1.82) is 0 Å². The maximum atomic E-state index is 3.72. The van der Waals surface area contributed by atoms with E-state index in [0.29, 0.717) is 0 Å². The first kappa shape index (κ1) is 16.3. The lowest BCUT2D eigenvalue weighted by atomic mass is 10.0. The first-order chi connectivity index (χ1) is 9.83. The van der Waals surface area contributed by atoms with E-state index in [1.165, 1.54) is 84.2 Å². The Bertz CT molecular complexity index is 251. The number of hydrogen-bond donors (Lipinski definition) is 1. The second-order valence-electron chi connectivity index (χ2n) is 6.66. The van der Waals surface area contributed by atoms with E-state index in [1.54, 1.807) is 0 Å². The van der Waals surface area contributed by atoms with Crippen LogP contribution in [0, 0.1) is 0 Å². The van der Waals surface area contributed by atoms with Crippen LogP contribution in [0.25, 0.3) is 0 Å². The molecule has 2 unspecified atom stereocenters. The van der Waals surface area contributed by atoms with Gasteiger partial charge in [-0.25, -0.2) is 0 Å². The van der Waals surface area contributed by atoms with Crippen molar-refractivity contribution in [2.45, 2.75) is 70.9 Å². The highest BCUT2D eigenvalue weighted by molar-refractivity contribution is 4.82. The normalized spacial score (nSPS) is 29.6. The van der Waals surface area contributed by atoms with Crippen molar-refractivity contribution >= 4 is 0 Å². The summed E-state index contributed by atoms with van der Waals surface area (Å²) in [4.78, 5) is 5.44. The molecule has 0 aromatic heterocycles. The van der Waals surface area contributed by atoms with Crippen LogP contribution in [-0.4, -0.2) is 61.2 Å². The molecule has 20 heavy (non-hydrogen) atoms. The topological polar surface area (TPSA) is 18.5 Å². The van der Waals surface area contributed by atoms with Gasteiger partial charge < -0.3 is 10.2 Å². The number of piperidine rings is 1. The highest BCUT2D eigenvalue weighted by Crippen LogP contribution is 2.19. The van der Waals surface area contributed by atoms with Gasteiger partial charge in [-0.3, -0.25) is 4.90 Å². The highest BCUT2D eigenvalue weighted by atomic mass is 15.2. The quantitative estimate of drug-likeness (QED) is 0.807. The maximum Gasteiger partial charge on any atom is 0.0195 e. The Labute approximate surface area is 126 Å². The van der Waals surface area contributed by atoms with Gasteiger partial charge in [0.05, 0.1) is 0 Å². The van der Waals surface area contributed by atoms with E-state index in [1.807, 2.05) is 0 Å². The molecule has 0 saturated carbocycles. The summed E-state index contributed by atoms with van der Waals surface area (Å²) in [5.74, 6) is 0. The Hall–Kier alpha value is -0.120. The van der Waals surface area contributed by atoms with Crippen molar-refractivity contribution < 1.29 is 0 Å². The Morgan fingerprint density at radius 1 is 1.05 bits per heavy atom. The van der Waals surface area contributed by atoms with Crippen LogP contribution in [0.1, 0.15) is 58.8 Å². The second-order valence-corrected chi connectivity index (χ2v) is 6.66. The van der Waals surface area contributed by atoms with Gasteiger partial charge >= 0.3 is 0 Å². The number of rotatable bonds is 6. The Balaban J connectivity index is 1.80. The molecular formula is C17H35N3. The van der Waals surface area contributed by atoms with Crippen molar-refractivity contribution in [3.8, 4) is 0 Å². The summed E-state index contributed by atoms with van der Waals surface area (Å²) >= 11 is 0. The molecule has 3 nitrogen and oxygen atoms in total. The Morgan fingerprint density at radius 2 is 1.95 bits per heavy atom. The monoisotopic (exact) mass is 281 g/mol. The van der Waals surface area contributed by atoms with Gasteiger partial charge in [-0.1, -0.05) is 20.3 Å². The van der Waals surface area contributed by atoms with Crippen LogP contribution in [0.5, 0.6) is 0 Å². The minimum Gasteiger partial charge on any atom is -0.313 e. The van der Waals surface area contributed by atoms with Gasteiger partial charge in [0.25, 0.3) is 0 Å². The molecule has 2 saturated heterocycles. The molecule has 0 aliphatic carbocycles. The molecule has 2 aliphatic rings. The fourth-order valence-corrected chi connectivity index (χ4v) is 3.94. The van der Waals surface area contributed by atoms with E-state index < -0.39 is 0 Å². The molecule has 118 valence electrons. The Kier molecular flexibility index (Phi) is 7.32. The average Bonchev–Trinajstić information content (AvgIpc) is 2.72. The molecule has 0 spiro atoms. The second kappa shape index (κ2) is 9.01. The van der Waals surface area contributed by atoms with Crippen LogP contribution >= 0.6 is 0 Å². The van der Waals surface area contributed by atoms with Gasteiger partial charge in [0, 0.05) is 18.6 Å². The summed E-state index contributed by atoms with van der Waals surface area (Å²) in [7, 11) is 0. The summed E-state index contributed by atoms with van der Waals surface area (Å²) < 4.78 is 0. The minimum atomic E-state index is 0.749. The molecule has 2 fully saturated rings. The molecule has 0 aromatic carbocycles. The molecule has 2 heterocycles. The van der Waals surface area contributed by atoms with E-state index >= 15 is 0 Å². The van der Waals surface area contributed by atoms with Crippen molar-refractivity contribution in [2.75, 3.05) is 39.3 Å². The predicted molar refractivity (Wildman–Crippen MR) is 87.3 cm³/mol. The predicted octanol–water partition coefficient (Wildman–Crippen LogP) is 2.71. The SMILES string of the molecule is CCCN1CCCC(N(CC)CC2CCCCN2)CC1. The zero-order valence-electron chi connectivity index (χ0n) is 13.7. The zero-order valence-corrected chi connectivity index (χ0v) is 13.7. The third kappa shape index (κ3) is 5.01. The first-order valence-electron chi connectivity index (χ1n) is 9.03. The number of nitrogens with one attached hydrogen (secondary N) is 1. The highest BCUT2D eigenvalue weighted by Gasteiger charge is 2.24. The minimum absolute atomic E-state index is 0.749. The van der Waals surface area contributed by atoms with Gasteiger partial charge in [-0.15, -0.1) is 0 Å². The lowest BCUT2D eigenvalue weighted by Crippen LogP contribution is -2.47. The van der Waals surface area contributed by atoms with Crippen molar-refractivity contribution in [1.82, 2.24) is 15.1 Å². The number of likely N-dealkylation sites (tertiary alicyclic amines) is 1. The number of likely N-dealkylation sites (N-methyl/N-ethyl adjacent to an activating group) is 1. The van der Waals surface area contributed by atoms with E-state index in [-0.39, 0.29) is 0 Å². The molecule has 0 aromatic rings. The van der Waals surface area contributed by atoms with Crippen LogP contribution in [-0.2, 0) is 0 Å². The van der Waals surface area contributed by atoms with E-state index in [2.05, 4.69) is 29.0 Å². The average molecular weight is 281 g/mol. The van der Waals surface area contributed by atoms with Gasteiger partial charge in [0.1, 0.15) is 0 Å². The van der Waals surface area contributed by atoms with Crippen LogP contribution < -0.4 is 5.32 Å². The molecule has 3 heteroatoms. The third-order valence-corrected chi connectivity index (χ3v) is 5.12. The Morgan fingerprint density at radius 3 is 2.65 bits per heavy atom. The van der Waals surface area contributed by atoms with Crippen molar-refractivity contribution in [2.24, 2.45) is 0 Å². The van der Waals surface area contributed by atoms with E-state index in [0.717, 1.165) is 12.1 Å². The van der Waals surface area contributed by atoms with Crippen LogP contribution in [0.2, 0.25) is 0 Å². The molecular weight excluding hydrogens is 246 g/mol. The largest absolute Gasteiger partial charge is 0.313 e. The fourth-order valence-electron chi connectivity index (χ4n) is 3.94. The molecule has 0 bridgehead atoms. The summed E-state index contributed by atoms with van der Waals surface area (Å²) in [6.07, 6.45) is 9.64. The molecule has 2 rings (SSSR count). The third-order valence-electron chi connectivity index (χ3n) is 5.12. The van der Waals surface area contributed by atoms with Gasteiger partial charge in [-0.05, 0) is 71.2 Å². The van der Waals surface area contributed by atoms with Crippen molar-refractivity contribution in [3.05, 3.63) is 0 Å². The molecule has 2 atom stereocenters. The van der Waals surface area contributed by atoms with Gasteiger partial charge in [-0.2, -0.15) is 0 Å². The molecule has 1 N–H and O–H groups in total. The van der Waals surface area contributed by atoms with E-state index in [9.17, 15) is 0 Å². The summed E-state index contributed by atoms with van der Waals surface area (Å²) in [5, 5.41) is 3.72. The van der Waals surface area contributed by atoms with Gasteiger partial charge in [0.15, 0.2) is 0 Å². The number of hydrogen-bond acceptors (Lipinski definition) is 3. The molecule has 2 aliphatic heterocycles. The lowest BCUT2D eigenvalue weighted by Gasteiger charge is -2.35. The van der Waals surface area contributed by atoms with E-state index in [4.69, 9.17) is 0 Å². The fraction of sp³-hybridized carbons (Fsp3) is 1.00. The zero-order chi connectivity index (χ0) is 14.2. The van der Waals surface area contributed by atoms with Crippen LogP contribution in [0.4, 0.5) is 0 Å². The summed E-state index contributed by atoms with van der Waals surface area (Å²) in [6, 6.07) is 1.57. The summed E-state index contributed by atoms with van der Waals surface area (Å²) in [5.41, 5.74) is 0. The van der Waals surface area contributed by atoms with Gasteiger partial charge in [0.2, 0.25) is 0 Å².